The molecule has 0 saturated heterocycles. The summed E-state index contributed by atoms with van der Waals surface area (Å²) in [6.07, 6.45) is 3.57. The molecular formula is C12H14N2OS. The van der Waals surface area contributed by atoms with Crippen molar-refractivity contribution in [2.24, 2.45) is 5.73 Å². The highest BCUT2D eigenvalue weighted by atomic mass is 32.1. The minimum absolute atomic E-state index is 0.587. The van der Waals surface area contributed by atoms with E-state index in [9.17, 15) is 0 Å². The Hall–Kier alpha value is -1.39. The highest BCUT2D eigenvalue weighted by Gasteiger charge is 2.03. The molecule has 4 heteroatoms. The van der Waals surface area contributed by atoms with Crippen LogP contribution in [0.3, 0.4) is 0 Å². The summed E-state index contributed by atoms with van der Waals surface area (Å²) < 4.78 is 5.42. The minimum atomic E-state index is 0.587. The van der Waals surface area contributed by atoms with Crippen LogP contribution in [0.4, 0.5) is 0 Å². The first-order valence-electron chi connectivity index (χ1n) is 5.20. The second-order valence-corrected chi connectivity index (χ2v) is 4.48. The smallest absolute Gasteiger partial charge is 0.138 e. The average Bonchev–Trinajstić information content (AvgIpc) is 2.78. The Morgan fingerprint density at radius 3 is 2.94 bits per heavy atom. The van der Waals surface area contributed by atoms with Crippen molar-refractivity contribution in [3.63, 3.8) is 0 Å². The van der Waals surface area contributed by atoms with Crippen molar-refractivity contribution >= 4 is 11.3 Å². The molecule has 0 saturated carbocycles. The maximum atomic E-state index is 5.59. The zero-order chi connectivity index (χ0) is 11.4. The van der Waals surface area contributed by atoms with Gasteiger partial charge in [0.2, 0.25) is 0 Å². The standard InChI is InChI=1S/C12H14N2OS/c1-2-15-10-5-9(7-14-8-10)12-4-3-11(6-13)16-12/h3-5,7-8H,2,6,13H2,1H3. The Balaban J connectivity index is 2.28. The Kier molecular flexibility index (Phi) is 3.54. The third-order valence-electron chi connectivity index (χ3n) is 2.17. The molecule has 2 aromatic rings. The highest BCUT2D eigenvalue weighted by molar-refractivity contribution is 7.15. The maximum Gasteiger partial charge on any atom is 0.138 e. The van der Waals surface area contributed by atoms with Gasteiger partial charge in [-0.05, 0) is 25.1 Å². The Morgan fingerprint density at radius 2 is 2.25 bits per heavy atom. The number of ether oxygens (including phenoxy) is 1. The number of nitrogens with zero attached hydrogens (tertiary/aromatic N) is 1. The normalized spacial score (nSPS) is 10.4. The third kappa shape index (κ3) is 2.40. The summed E-state index contributed by atoms with van der Waals surface area (Å²) in [5, 5.41) is 0. The van der Waals surface area contributed by atoms with Crippen LogP contribution in [0.5, 0.6) is 5.75 Å². The summed E-state index contributed by atoms with van der Waals surface area (Å²) in [6, 6.07) is 6.12. The Labute approximate surface area is 98.9 Å². The summed E-state index contributed by atoms with van der Waals surface area (Å²) in [6.45, 7) is 3.21. The van der Waals surface area contributed by atoms with Gasteiger partial charge >= 0.3 is 0 Å². The van der Waals surface area contributed by atoms with Crippen LogP contribution in [0.2, 0.25) is 0 Å². The summed E-state index contributed by atoms with van der Waals surface area (Å²) in [5.41, 5.74) is 6.67. The number of nitrogens with two attached hydrogens (primary N) is 1. The van der Waals surface area contributed by atoms with E-state index in [1.807, 2.05) is 25.3 Å². The maximum absolute atomic E-state index is 5.59. The first kappa shape index (κ1) is 11.1. The average molecular weight is 234 g/mol. The summed E-state index contributed by atoms with van der Waals surface area (Å²) >= 11 is 1.69. The number of hydrogen-bond donors (Lipinski definition) is 1. The van der Waals surface area contributed by atoms with Gasteiger partial charge < -0.3 is 10.5 Å². The molecule has 2 N–H and O–H groups in total. The van der Waals surface area contributed by atoms with Gasteiger partial charge in [0.1, 0.15) is 5.75 Å². The van der Waals surface area contributed by atoms with Crippen molar-refractivity contribution < 1.29 is 4.74 Å². The van der Waals surface area contributed by atoms with Gasteiger partial charge in [0.25, 0.3) is 0 Å². The van der Waals surface area contributed by atoms with E-state index in [0.717, 1.165) is 11.3 Å². The number of hydrogen-bond acceptors (Lipinski definition) is 4. The monoisotopic (exact) mass is 234 g/mol. The fourth-order valence-corrected chi connectivity index (χ4v) is 2.31. The lowest BCUT2D eigenvalue weighted by molar-refractivity contribution is 0.339. The zero-order valence-corrected chi connectivity index (χ0v) is 9.96. The predicted octanol–water partition coefficient (Wildman–Crippen LogP) is 2.67. The van der Waals surface area contributed by atoms with E-state index >= 15 is 0 Å². The lowest BCUT2D eigenvalue weighted by Crippen LogP contribution is -1.92. The van der Waals surface area contributed by atoms with Gasteiger partial charge in [0.05, 0.1) is 12.8 Å². The van der Waals surface area contributed by atoms with Crippen molar-refractivity contribution in [1.82, 2.24) is 4.98 Å². The van der Waals surface area contributed by atoms with Gasteiger partial charge in [-0.25, -0.2) is 0 Å². The molecular weight excluding hydrogens is 220 g/mol. The van der Waals surface area contributed by atoms with Crippen LogP contribution in [-0.4, -0.2) is 11.6 Å². The molecule has 0 aliphatic heterocycles. The van der Waals surface area contributed by atoms with E-state index in [1.54, 1.807) is 17.5 Å². The molecule has 84 valence electrons. The molecule has 3 nitrogen and oxygen atoms in total. The summed E-state index contributed by atoms with van der Waals surface area (Å²) in [4.78, 5) is 6.52. The zero-order valence-electron chi connectivity index (χ0n) is 9.14. The van der Waals surface area contributed by atoms with E-state index in [1.165, 1.54) is 9.75 Å². The second kappa shape index (κ2) is 5.09. The second-order valence-electron chi connectivity index (χ2n) is 3.31. The molecule has 0 aromatic carbocycles. The molecule has 0 radical (unpaired) electrons. The first-order chi connectivity index (χ1) is 7.83. The van der Waals surface area contributed by atoms with Crippen LogP contribution in [0.1, 0.15) is 11.8 Å². The molecule has 0 spiro atoms. The van der Waals surface area contributed by atoms with E-state index in [2.05, 4.69) is 11.1 Å². The van der Waals surface area contributed by atoms with Crippen molar-refractivity contribution in [2.75, 3.05) is 6.61 Å². The van der Waals surface area contributed by atoms with Gasteiger partial charge in [0.15, 0.2) is 0 Å². The third-order valence-corrected chi connectivity index (χ3v) is 3.33. The van der Waals surface area contributed by atoms with E-state index in [-0.39, 0.29) is 0 Å². The van der Waals surface area contributed by atoms with Crippen LogP contribution >= 0.6 is 11.3 Å². The molecule has 0 aliphatic carbocycles. The van der Waals surface area contributed by atoms with Gasteiger partial charge in [-0.15, -0.1) is 11.3 Å². The van der Waals surface area contributed by atoms with Crippen LogP contribution in [-0.2, 0) is 6.54 Å². The highest BCUT2D eigenvalue weighted by Crippen LogP contribution is 2.29. The predicted molar refractivity (Wildman–Crippen MR) is 66.6 cm³/mol. The fraction of sp³-hybridized carbons (Fsp3) is 0.250. The fourth-order valence-electron chi connectivity index (χ4n) is 1.44. The number of rotatable bonds is 4. The number of pyridine rings is 1. The van der Waals surface area contributed by atoms with Crippen LogP contribution in [0.15, 0.2) is 30.6 Å². The molecule has 0 unspecified atom stereocenters. The van der Waals surface area contributed by atoms with Crippen molar-refractivity contribution in [3.05, 3.63) is 35.5 Å². The molecule has 16 heavy (non-hydrogen) atoms. The lowest BCUT2D eigenvalue weighted by Gasteiger charge is -2.03. The van der Waals surface area contributed by atoms with E-state index in [0.29, 0.717) is 13.2 Å². The molecule has 0 atom stereocenters. The van der Waals surface area contributed by atoms with Crippen LogP contribution < -0.4 is 10.5 Å². The minimum Gasteiger partial charge on any atom is -0.492 e. The van der Waals surface area contributed by atoms with Gasteiger partial charge in [-0.1, -0.05) is 0 Å². The molecule has 0 fully saturated rings. The SMILES string of the molecule is CCOc1cncc(-c2ccc(CN)s2)c1. The van der Waals surface area contributed by atoms with E-state index in [4.69, 9.17) is 10.5 Å². The summed E-state index contributed by atoms with van der Waals surface area (Å²) in [7, 11) is 0. The topological polar surface area (TPSA) is 48.1 Å². The molecule has 0 amide bonds. The molecule has 2 heterocycles. The van der Waals surface area contributed by atoms with Gasteiger partial charge in [0, 0.05) is 28.1 Å². The summed E-state index contributed by atoms with van der Waals surface area (Å²) in [5.74, 6) is 0.808. The van der Waals surface area contributed by atoms with Gasteiger partial charge in [-0.3, -0.25) is 4.98 Å². The van der Waals surface area contributed by atoms with Crippen LogP contribution in [0.25, 0.3) is 10.4 Å². The first-order valence-corrected chi connectivity index (χ1v) is 6.02. The molecule has 2 rings (SSSR count). The van der Waals surface area contributed by atoms with E-state index < -0.39 is 0 Å². The molecule has 2 aromatic heterocycles. The van der Waals surface area contributed by atoms with Crippen LogP contribution in [0, 0.1) is 0 Å². The quantitative estimate of drug-likeness (QED) is 0.884. The van der Waals surface area contributed by atoms with Crippen molar-refractivity contribution in [1.29, 1.82) is 0 Å². The largest absolute Gasteiger partial charge is 0.492 e. The number of aromatic nitrogens is 1. The molecule has 0 bridgehead atoms. The van der Waals surface area contributed by atoms with Crippen molar-refractivity contribution in [2.45, 2.75) is 13.5 Å². The van der Waals surface area contributed by atoms with Crippen molar-refractivity contribution in [3.8, 4) is 16.2 Å². The number of thiophene rings is 1. The molecule has 0 aliphatic rings. The van der Waals surface area contributed by atoms with Gasteiger partial charge in [-0.2, -0.15) is 0 Å². The lowest BCUT2D eigenvalue weighted by atomic mass is 10.2. The Bertz CT molecular complexity index is 468. The Morgan fingerprint density at radius 1 is 1.38 bits per heavy atom.